The van der Waals surface area contributed by atoms with E-state index in [2.05, 4.69) is 4.98 Å². The number of hydrogen-bond acceptors (Lipinski definition) is 3. The SMILES string of the molecule is O=C(C1CCC1)N1CCC(c2nc3ccccc3o2)CC1. The van der Waals surface area contributed by atoms with E-state index in [0.29, 0.717) is 17.7 Å². The maximum atomic E-state index is 12.3. The van der Waals surface area contributed by atoms with Crippen LogP contribution in [0, 0.1) is 5.92 Å². The van der Waals surface area contributed by atoms with Gasteiger partial charge in [-0.1, -0.05) is 18.6 Å². The molecule has 110 valence electrons. The second kappa shape index (κ2) is 5.17. The van der Waals surface area contributed by atoms with E-state index in [4.69, 9.17) is 4.42 Å². The standard InChI is InChI=1S/C17H20N2O2/c20-17(13-4-3-5-13)19-10-8-12(9-11-19)16-18-14-6-1-2-7-15(14)21-16/h1-2,6-7,12-13H,3-5,8-11H2. The summed E-state index contributed by atoms with van der Waals surface area (Å²) in [7, 11) is 0. The van der Waals surface area contributed by atoms with Crippen LogP contribution >= 0.6 is 0 Å². The summed E-state index contributed by atoms with van der Waals surface area (Å²) in [6, 6.07) is 7.89. The maximum absolute atomic E-state index is 12.3. The lowest BCUT2D eigenvalue weighted by Crippen LogP contribution is -2.43. The van der Waals surface area contributed by atoms with Crippen molar-refractivity contribution in [1.29, 1.82) is 0 Å². The van der Waals surface area contributed by atoms with Crippen molar-refractivity contribution in [2.45, 2.75) is 38.0 Å². The van der Waals surface area contributed by atoms with E-state index in [1.807, 2.05) is 29.2 Å². The molecular weight excluding hydrogens is 264 g/mol. The molecular formula is C17H20N2O2. The Morgan fingerprint density at radius 1 is 1.14 bits per heavy atom. The highest BCUT2D eigenvalue weighted by molar-refractivity contribution is 5.79. The molecule has 2 aromatic rings. The molecule has 0 atom stereocenters. The number of benzene rings is 1. The molecule has 4 heteroatoms. The van der Waals surface area contributed by atoms with Crippen LogP contribution in [-0.2, 0) is 4.79 Å². The molecule has 1 aromatic carbocycles. The quantitative estimate of drug-likeness (QED) is 0.849. The number of piperidine rings is 1. The number of likely N-dealkylation sites (tertiary alicyclic amines) is 1. The van der Waals surface area contributed by atoms with E-state index >= 15 is 0 Å². The van der Waals surface area contributed by atoms with Gasteiger partial charge >= 0.3 is 0 Å². The fourth-order valence-electron chi connectivity index (χ4n) is 3.32. The number of oxazole rings is 1. The molecule has 0 bridgehead atoms. The van der Waals surface area contributed by atoms with Crippen molar-refractivity contribution in [2.75, 3.05) is 13.1 Å². The fourth-order valence-corrected chi connectivity index (χ4v) is 3.32. The molecule has 1 aliphatic heterocycles. The highest BCUT2D eigenvalue weighted by Crippen LogP contribution is 2.33. The minimum atomic E-state index is 0.311. The first-order chi connectivity index (χ1) is 10.3. The third-order valence-corrected chi connectivity index (χ3v) is 4.92. The van der Waals surface area contributed by atoms with E-state index in [1.165, 1.54) is 6.42 Å². The number of carbonyl (C=O) groups is 1. The first-order valence-corrected chi connectivity index (χ1v) is 7.95. The zero-order chi connectivity index (χ0) is 14.2. The molecule has 1 saturated heterocycles. The second-order valence-electron chi connectivity index (χ2n) is 6.25. The Labute approximate surface area is 124 Å². The lowest BCUT2D eigenvalue weighted by molar-refractivity contribution is -0.139. The van der Waals surface area contributed by atoms with Crippen LogP contribution in [-0.4, -0.2) is 28.9 Å². The number of aromatic nitrogens is 1. The summed E-state index contributed by atoms with van der Waals surface area (Å²) in [5.74, 6) is 1.87. The zero-order valence-corrected chi connectivity index (χ0v) is 12.1. The predicted molar refractivity (Wildman–Crippen MR) is 79.9 cm³/mol. The number of carbonyl (C=O) groups excluding carboxylic acids is 1. The number of nitrogens with zero attached hydrogens (tertiary/aromatic N) is 2. The maximum Gasteiger partial charge on any atom is 0.225 e. The molecule has 0 radical (unpaired) electrons. The molecule has 0 N–H and O–H groups in total. The van der Waals surface area contributed by atoms with E-state index < -0.39 is 0 Å². The van der Waals surface area contributed by atoms with Gasteiger partial charge in [-0.05, 0) is 37.8 Å². The summed E-state index contributed by atoms with van der Waals surface area (Å²) in [5.41, 5.74) is 1.79. The van der Waals surface area contributed by atoms with E-state index in [-0.39, 0.29) is 0 Å². The second-order valence-corrected chi connectivity index (χ2v) is 6.25. The van der Waals surface area contributed by atoms with Gasteiger partial charge in [0.05, 0.1) is 0 Å². The van der Waals surface area contributed by atoms with Crippen LogP contribution in [0.1, 0.15) is 43.9 Å². The topological polar surface area (TPSA) is 46.3 Å². The Morgan fingerprint density at radius 3 is 2.57 bits per heavy atom. The minimum absolute atomic E-state index is 0.311. The van der Waals surface area contributed by atoms with Gasteiger partial charge in [0.15, 0.2) is 11.5 Å². The molecule has 0 spiro atoms. The monoisotopic (exact) mass is 284 g/mol. The van der Waals surface area contributed by atoms with Crippen molar-refractivity contribution < 1.29 is 9.21 Å². The molecule has 1 aliphatic carbocycles. The average Bonchev–Trinajstić information content (AvgIpc) is 2.89. The number of fused-ring (bicyclic) bond motifs is 1. The zero-order valence-electron chi connectivity index (χ0n) is 12.1. The Hall–Kier alpha value is -1.84. The Bertz CT molecular complexity index is 619. The van der Waals surface area contributed by atoms with Gasteiger partial charge in [0, 0.05) is 24.9 Å². The summed E-state index contributed by atoms with van der Waals surface area (Å²) < 4.78 is 5.87. The van der Waals surface area contributed by atoms with Crippen LogP contribution in [0.4, 0.5) is 0 Å². The van der Waals surface area contributed by atoms with Gasteiger partial charge in [-0.2, -0.15) is 0 Å². The third kappa shape index (κ3) is 2.33. The summed E-state index contributed by atoms with van der Waals surface area (Å²) >= 11 is 0. The summed E-state index contributed by atoms with van der Waals surface area (Å²) in [6.07, 6.45) is 5.32. The van der Waals surface area contributed by atoms with Crippen molar-refractivity contribution in [3.8, 4) is 0 Å². The van der Waals surface area contributed by atoms with Crippen LogP contribution in [0.2, 0.25) is 0 Å². The lowest BCUT2D eigenvalue weighted by atomic mass is 9.83. The molecule has 1 amide bonds. The predicted octanol–water partition coefficient (Wildman–Crippen LogP) is 3.33. The third-order valence-electron chi connectivity index (χ3n) is 4.92. The average molecular weight is 284 g/mol. The van der Waals surface area contributed by atoms with Crippen LogP contribution in [0.15, 0.2) is 28.7 Å². The number of hydrogen-bond donors (Lipinski definition) is 0. The van der Waals surface area contributed by atoms with E-state index in [0.717, 1.165) is 55.8 Å². The molecule has 1 saturated carbocycles. The Balaban J connectivity index is 1.43. The molecule has 1 aromatic heterocycles. The smallest absolute Gasteiger partial charge is 0.225 e. The number of para-hydroxylation sites is 2. The first kappa shape index (κ1) is 12.9. The number of amides is 1. The van der Waals surface area contributed by atoms with Crippen LogP contribution in [0.5, 0.6) is 0 Å². The van der Waals surface area contributed by atoms with Gasteiger partial charge in [0.25, 0.3) is 0 Å². The highest BCUT2D eigenvalue weighted by atomic mass is 16.3. The van der Waals surface area contributed by atoms with Gasteiger partial charge in [0.2, 0.25) is 5.91 Å². The summed E-state index contributed by atoms with van der Waals surface area (Å²) in [5, 5.41) is 0. The van der Waals surface area contributed by atoms with Crippen molar-refractivity contribution in [2.24, 2.45) is 5.92 Å². The highest BCUT2D eigenvalue weighted by Gasteiger charge is 2.32. The van der Waals surface area contributed by atoms with E-state index in [9.17, 15) is 4.79 Å². The molecule has 2 heterocycles. The molecule has 0 unspecified atom stereocenters. The van der Waals surface area contributed by atoms with Crippen LogP contribution in [0.3, 0.4) is 0 Å². The molecule has 2 fully saturated rings. The van der Waals surface area contributed by atoms with Gasteiger partial charge < -0.3 is 9.32 Å². The van der Waals surface area contributed by atoms with Crippen molar-refractivity contribution in [1.82, 2.24) is 9.88 Å². The van der Waals surface area contributed by atoms with Gasteiger partial charge in [-0.25, -0.2) is 4.98 Å². The Kier molecular flexibility index (Phi) is 3.17. The first-order valence-electron chi connectivity index (χ1n) is 7.95. The molecule has 2 aliphatic rings. The largest absolute Gasteiger partial charge is 0.440 e. The lowest BCUT2D eigenvalue weighted by Gasteiger charge is -2.35. The summed E-state index contributed by atoms with van der Waals surface area (Å²) in [4.78, 5) is 18.9. The van der Waals surface area contributed by atoms with Gasteiger partial charge in [-0.3, -0.25) is 4.79 Å². The molecule has 21 heavy (non-hydrogen) atoms. The number of rotatable bonds is 2. The van der Waals surface area contributed by atoms with Crippen molar-refractivity contribution in [3.05, 3.63) is 30.2 Å². The van der Waals surface area contributed by atoms with Crippen LogP contribution < -0.4 is 0 Å². The van der Waals surface area contributed by atoms with Crippen molar-refractivity contribution >= 4 is 17.0 Å². The van der Waals surface area contributed by atoms with Crippen LogP contribution in [0.25, 0.3) is 11.1 Å². The van der Waals surface area contributed by atoms with E-state index in [1.54, 1.807) is 0 Å². The van der Waals surface area contributed by atoms with Gasteiger partial charge in [0.1, 0.15) is 5.52 Å². The van der Waals surface area contributed by atoms with Gasteiger partial charge in [-0.15, -0.1) is 0 Å². The fraction of sp³-hybridized carbons (Fsp3) is 0.529. The summed E-state index contributed by atoms with van der Waals surface area (Å²) in [6.45, 7) is 1.69. The normalized spacial score (nSPS) is 20.7. The Morgan fingerprint density at radius 2 is 1.90 bits per heavy atom. The minimum Gasteiger partial charge on any atom is -0.440 e. The van der Waals surface area contributed by atoms with Crippen molar-refractivity contribution in [3.63, 3.8) is 0 Å². The molecule has 4 nitrogen and oxygen atoms in total. The molecule has 4 rings (SSSR count).